The zero-order valence-electron chi connectivity index (χ0n) is 12.7. The lowest BCUT2D eigenvalue weighted by molar-refractivity contribution is -0.108. The number of aldehydes is 1. The van der Waals surface area contributed by atoms with Crippen LogP contribution in [0.3, 0.4) is 0 Å². The van der Waals surface area contributed by atoms with E-state index in [2.05, 4.69) is 4.94 Å². The molecule has 0 amide bonds. The van der Waals surface area contributed by atoms with E-state index in [0.29, 0.717) is 31.6 Å². The molecular formula is C18H19FN2O2. The average Bonchev–Trinajstić information content (AvgIpc) is 2.58. The Hall–Kier alpha value is -2.40. The van der Waals surface area contributed by atoms with Crippen molar-refractivity contribution in [2.45, 2.75) is 18.4 Å². The fourth-order valence-electron chi connectivity index (χ4n) is 3.04. The summed E-state index contributed by atoms with van der Waals surface area (Å²) in [6.07, 6.45) is 1.96. The summed E-state index contributed by atoms with van der Waals surface area (Å²) in [6.45, 7) is 1.17. The molecule has 23 heavy (non-hydrogen) atoms. The van der Waals surface area contributed by atoms with Crippen molar-refractivity contribution >= 4 is 12.0 Å². The number of benzene rings is 2. The molecule has 0 spiro atoms. The van der Waals surface area contributed by atoms with E-state index in [1.807, 2.05) is 47.4 Å². The number of rotatable bonds is 6. The Bertz CT molecular complexity index is 685. The first-order valence-electron chi connectivity index (χ1n) is 7.61. The van der Waals surface area contributed by atoms with Crippen molar-refractivity contribution in [3.63, 3.8) is 0 Å². The Kier molecular flexibility index (Phi) is 4.30. The van der Waals surface area contributed by atoms with Crippen molar-refractivity contribution in [3.05, 3.63) is 48.5 Å². The molecule has 0 aliphatic carbocycles. The maximum Gasteiger partial charge on any atom is 0.195 e. The van der Waals surface area contributed by atoms with Gasteiger partial charge in [0.1, 0.15) is 6.29 Å². The second-order valence-corrected chi connectivity index (χ2v) is 6.05. The molecule has 2 N–H and O–H groups in total. The van der Waals surface area contributed by atoms with Crippen LogP contribution in [0.5, 0.6) is 5.75 Å². The van der Waals surface area contributed by atoms with Gasteiger partial charge < -0.3 is 15.4 Å². The van der Waals surface area contributed by atoms with E-state index in [4.69, 9.17) is 5.73 Å². The standard InChI is InChI=1S/C18H19FN2O2/c19-23-17-11-15(14-5-2-1-3-6-14)7-8-16(17)21-12-18(20,13-21)9-4-10-22/h1-3,5-8,10-11H,4,9,12-13,20H2. The molecule has 120 valence electrons. The van der Waals surface area contributed by atoms with E-state index < -0.39 is 0 Å². The smallest absolute Gasteiger partial charge is 0.195 e. The second-order valence-electron chi connectivity index (χ2n) is 6.05. The van der Waals surface area contributed by atoms with Gasteiger partial charge in [0.05, 0.1) is 11.2 Å². The highest BCUT2D eigenvalue weighted by atomic mass is 19.3. The van der Waals surface area contributed by atoms with Crippen LogP contribution in [0.15, 0.2) is 48.5 Å². The van der Waals surface area contributed by atoms with E-state index in [1.165, 1.54) is 0 Å². The Labute approximate surface area is 134 Å². The summed E-state index contributed by atoms with van der Waals surface area (Å²) in [5.41, 5.74) is 8.38. The predicted molar refractivity (Wildman–Crippen MR) is 88.0 cm³/mol. The van der Waals surface area contributed by atoms with Gasteiger partial charge in [-0.05, 0) is 29.7 Å². The largest absolute Gasteiger partial charge is 0.365 e. The summed E-state index contributed by atoms with van der Waals surface area (Å²) in [5, 5.41) is 0. The fourth-order valence-corrected chi connectivity index (χ4v) is 3.04. The highest BCUT2D eigenvalue weighted by Crippen LogP contribution is 2.38. The molecule has 1 aliphatic heterocycles. The Morgan fingerprint density at radius 1 is 1.17 bits per heavy atom. The van der Waals surface area contributed by atoms with E-state index in [1.54, 1.807) is 6.07 Å². The van der Waals surface area contributed by atoms with E-state index in [-0.39, 0.29) is 11.3 Å². The first-order chi connectivity index (χ1) is 11.1. The highest BCUT2D eigenvalue weighted by molar-refractivity contribution is 5.72. The number of halogens is 1. The quantitative estimate of drug-likeness (QED) is 0.832. The molecule has 0 radical (unpaired) electrons. The average molecular weight is 314 g/mol. The minimum atomic E-state index is -0.382. The Morgan fingerprint density at radius 2 is 1.91 bits per heavy atom. The Morgan fingerprint density at radius 3 is 2.57 bits per heavy atom. The molecule has 0 unspecified atom stereocenters. The van der Waals surface area contributed by atoms with Crippen molar-refractivity contribution in [3.8, 4) is 16.9 Å². The van der Waals surface area contributed by atoms with Gasteiger partial charge in [-0.2, -0.15) is 0 Å². The topological polar surface area (TPSA) is 55.6 Å². The fraction of sp³-hybridized carbons (Fsp3) is 0.278. The van der Waals surface area contributed by atoms with Gasteiger partial charge in [-0.1, -0.05) is 36.4 Å². The summed E-state index contributed by atoms with van der Waals surface area (Å²) < 4.78 is 13.0. The predicted octanol–water partition coefficient (Wildman–Crippen LogP) is 3.11. The van der Waals surface area contributed by atoms with E-state index >= 15 is 0 Å². The number of nitrogens with two attached hydrogens (primary N) is 1. The minimum Gasteiger partial charge on any atom is -0.365 e. The zero-order valence-corrected chi connectivity index (χ0v) is 12.7. The van der Waals surface area contributed by atoms with Gasteiger partial charge in [-0.25, -0.2) is 0 Å². The van der Waals surface area contributed by atoms with Crippen molar-refractivity contribution < 1.29 is 14.3 Å². The van der Waals surface area contributed by atoms with Gasteiger partial charge in [0.2, 0.25) is 0 Å². The second kappa shape index (κ2) is 6.38. The molecule has 1 aliphatic rings. The number of carbonyl (C=O) groups excluding carboxylic acids is 1. The minimum absolute atomic E-state index is 0.184. The van der Waals surface area contributed by atoms with Crippen molar-refractivity contribution in [1.29, 1.82) is 0 Å². The van der Waals surface area contributed by atoms with Gasteiger partial charge in [0.25, 0.3) is 0 Å². The molecule has 0 saturated carbocycles. The van der Waals surface area contributed by atoms with Crippen LogP contribution < -0.4 is 15.6 Å². The summed E-state index contributed by atoms with van der Waals surface area (Å²) in [5.74, 6) is 0.184. The molecule has 2 aromatic carbocycles. The van der Waals surface area contributed by atoms with Crippen LogP contribution in [0.4, 0.5) is 10.2 Å². The summed E-state index contributed by atoms with van der Waals surface area (Å²) >= 11 is 0. The normalized spacial score (nSPS) is 15.8. The SMILES string of the molecule is NC1(CCC=O)CN(c2ccc(-c3ccccc3)cc2OF)C1. The summed E-state index contributed by atoms with van der Waals surface area (Å²) in [7, 11) is 0. The van der Waals surface area contributed by atoms with Crippen LogP contribution in [0.1, 0.15) is 12.8 Å². The lowest BCUT2D eigenvalue weighted by Gasteiger charge is -2.49. The zero-order chi connectivity index (χ0) is 16.3. The van der Waals surface area contributed by atoms with Crippen LogP contribution in [0.25, 0.3) is 11.1 Å². The van der Waals surface area contributed by atoms with E-state index in [0.717, 1.165) is 17.4 Å². The molecule has 1 heterocycles. The number of hydrogen-bond donors (Lipinski definition) is 1. The van der Waals surface area contributed by atoms with Gasteiger partial charge >= 0.3 is 0 Å². The van der Waals surface area contributed by atoms with Crippen molar-refractivity contribution in [2.24, 2.45) is 5.73 Å². The molecule has 0 atom stereocenters. The lowest BCUT2D eigenvalue weighted by Crippen LogP contribution is -2.67. The highest BCUT2D eigenvalue weighted by Gasteiger charge is 2.40. The van der Waals surface area contributed by atoms with Crippen LogP contribution in [-0.2, 0) is 4.79 Å². The monoisotopic (exact) mass is 314 g/mol. The third kappa shape index (κ3) is 3.19. The third-order valence-electron chi connectivity index (χ3n) is 4.26. The summed E-state index contributed by atoms with van der Waals surface area (Å²) in [4.78, 5) is 16.5. The van der Waals surface area contributed by atoms with Gasteiger partial charge in [0, 0.05) is 24.0 Å². The van der Waals surface area contributed by atoms with Gasteiger partial charge in [-0.15, -0.1) is 0 Å². The number of nitrogens with zero attached hydrogens (tertiary/aromatic N) is 1. The lowest BCUT2D eigenvalue weighted by atomic mass is 9.85. The van der Waals surface area contributed by atoms with E-state index in [9.17, 15) is 9.32 Å². The molecule has 1 saturated heterocycles. The maximum atomic E-state index is 13.0. The van der Waals surface area contributed by atoms with Crippen LogP contribution in [0.2, 0.25) is 0 Å². The van der Waals surface area contributed by atoms with Gasteiger partial charge in [0.15, 0.2) is 5.75 Å². The molecule has 0 bridgehead atoms. The van der Waals surface area contributed by atoms with Gasteiger partial charge in [-0.3, -0.25) is 4.94 Å². The van der Waals surface area contributed by atoms with Crippen LogP contribution in [-0.4, -0.2) is 24.9 Å². The first-order valence-corrected chi connectivity index (χ1v) is 7.61. The molecule has 4 nitrogen and oxygen atoms in total. The molecule has 3 rings (SSSR count). The van der Waals surface area contributed by atoms with Crippen LogP contribution >= 0.6 is 0 Å². The number of hydrogen-bond acceptors (Lipinski definition) is 4. The molecule has 0 aromatic heterocycles. The molecule has 5 heteroatoms. The molecule has 2 aromatic rings. The third-order valence-corrected chi connectivity index (χ3v) is 4.26. The number of anilines is 1. The number of carbonyl (C=O) groups is 1. The van der Waals surface area contributed by atoms with Crippen molar-refractivity contribution in [1.82, 2.24) is 0 Å². The molecular weight excluding hydrogens is 295 g/mol. The van der Waals surface area contributed by atoms with Crippen molar-refractivity contribution in [2.75, 3.05) is 18.0 Å². The maximum absolute atomic E-state index is 13.0. The molecule has 1 fully saturated rings. The Balaban J connectivity index is 1.78. The summed E-state index contributed by atoms with van der Waals surface area (Å²) in [6, 6.07) is 15.2. The van der Waals surface area contributed by atoms with Crippen LogP contribution in [0, 0.1) is 0 Å². The first kappa shape index (κ1) is 15.5.